The van der Waals surface area contributed by atoms with Crippen molar-refractivity contribution < 1.29 is 9.53 Å². The molecule has 1 aromatic heterocycles. The largest absolute Gasteiger partial charge is 0.378 e. The minimum Gasteiger partial charge on any atom is -0.378 e. The number of hydrogen-bond donors (Lipinski definition) is 0. The summed E-state index contributed by atoms with van der Waals surface area (Å²) in [6.07, 6.45) is 4.38. The standard InChI is InChI=1S/C14H23N3O2/c1-5-12-11(10-16(3)15-12)13(18)17-8-6-14(2,19-4)7-9-17/h10H,5-9H2,1-4H3. The zero-order valence-corrected chi connectivity index (χ0v) is 12.3. The Labute approximate surface area is 114 Å². The Bertz CT molecular complexity index is 459. The zero-order chi connectivity index (χ0) is 14.0. The second-order valence-electron chi connectivity index (χ2n) is 5.46. The van der Waals surface area contributed by atoms with E-state index in [1.165, 1.54) is 0 Å². The van der Waals surface area contributed by atoms with E-state index in [1.807, 2.05) is 25.1 Å². The van der Waals surface area contributed by atoms with Crippen LogP contribution in [-0.2, 0) is 18.2 Å². The summed E-state index contributed by atoms with van der Waals surface area (Å²) >= 11 is 0. The van der Waals surface area contributed by atoms with Gasteiger partial charge in [0, 0.05) is 33.4 Å². The molecule has 0 unspecified atom stereocenters. The third kappa shape index (κ3) is 2.81. The van der Waals surface area contributed by atoms with Crippen molar-refractivity contribution in [1.29, 1.82) is 0 Å². The second-order valence-corrected chi connectivity index (χ2v) is 5.46. The highest BCUT2D eigenvalue weighted by atomic mass is 16.5. The molecule has 1 amide bonds. The van der Waals surface area contributed by atoms with Gasteiger partial charge in [-0.25, -0.2) is 0 Å². The van der Waals surface area contributed by atoms with Crippen LogP contribution in [0.3, 0.4) is 0 Å². The molecule has 19 heavy (non-hydrogen) atoms. The van der Waals surface area contributed by atoms with Crippen molar-refractivity contribution in [2.45, 2.75) is 38.7 Å². The molecule has 5 nitrogen and oxygen atoms in total. The smallest absolute Gasteiger partial charge is 0.257 e. The van der Waals surface area contributed by atoms with Gasteiger partial charge in [0.15, 0.2) is 0 Å². The maximum absolute atomic E-state index is 12.5. The molecule has 0 radical (unpaired) electrons. The third-order valence-corrected chi connectivity index (χ3v) is 4.07. The lowest BCUT2D eigenvalue weighted by atomic mass is 9.93. The van der Waals surface area contributed by atoms with Crippen molar-refractivity contribution in [2.24, 2.45) is 7.05 Å². The van der Waals surface area contributed by atoms with Crippen LogP contribution in [0.15, 0.2) is 6.20 Å². The molecule has 1 fully saturated rings. The molecule has 2 heterocycles. The van der Waals surface area contributed by atoms with Gasteiger partial charge in [0.05, 0.1) is 16.9 Å². The molecule has 0 spiro atoms. The fourth-order valence-corrected chi connectivity index (χ4v) is 2.53. The van der Waals surface area contributed by atoms with Crippen molar-refractivity contribution in [3.8, 4) is 0 Å². The fourth-order valence-electron chi connectivity index (χ4n) is 2.53. The van der Waals surface area contributed by atoms with Crippen LogP contribution in [0.25, 0.3) is 0 Å². The summed E-state index contributed by atoms with van der Waals surface area (Å²) in [4.78, 5) is 14.4. The number of hydrogen-bond acceptors (Lipinski definition) is 3. The lowest BCUT2D eigenvalue weighted by Crippen LogP contribution is -2.46. The number of carbonyl (C=O) groups is 1. The Morgan fingerprint density at radius 3 is 2.63 bits per heavy atom. The van der Waals surface area contributed by atoms with Crippen LogP contribution in [-0.4, -0.2) is 46.4 Å². The number of amides is 1. The number of aryl methyl sites for hydroxylation is 2. The van der Waals surface area contributed by atoms with Crippen LogP contribution in [0.4, 0.5) is 0 Å². The number of piperidine rings is 1. The van der Waals surface area contributed by atoms with Gasteiger partial charge < -0.3 is 9.64 Å². The maximum atomic E-state index is 12.5. The van der Waals surface area contributed by atoms with E-state index in [0.29, 0.717) is 0 Å². The Morgan fingerprint density at radius 1 is 1.47 bits per heavy atom. The van der Waals surface area contributed by atoms with Crippen molar-refractivity contribution in [3.05, 3.63) is 17.5 Å². The van der Waals surface area contributed by atoms with E-state index in [4.69, 9.17) is 4.74 Å². The van der Waals surface area contributed by atoms with Gasteiger partial charge in [-0.05, 0) is 26.2 Å². The number of ether oxygens (including phenoxy) is 1. The van der Waals surface area contributed by atoms with Gasteiger partial charge in [-0.3, -0.25) is 9.48 Å². The molecule has 5 heteroatoms. The molecular weight excluding hydrogens is 242 g/mol. The molecule has 2 rings (SSSR count). The molecule has 1 saturated heterocycles. The SMILES string of the molecule is CCc1nn(C)cc1C(=O)N1CCC(C)(OC)CC1. The summed E-state index contributed by atoms with van der Waals surface area (Å²) in [7, 11) is 3.60. The third-order valence-electron chi connectivity index (χ3n) is 4.07. The Kier molecular flexibility index (Phi) is 3.94. The summed E-state index contributed by atoms with van der Waals surface area (Å²) in [5, 5.41) is 4.33. The number of rotatable bonds is 3. The highest BCUT2D eigenvalue weighted by Crippen LogP contribution is 2.26. The number of nitrogens with zero attached hydrogens (tertiary/aromatic N) is 3. The molecule has 0 aromatic carbocycles. The van der Waals surface area contributed by atoms with Crippen molar-refractivity contribution >= 4 is 5.91 Å². The topological polar surface area (TPSA) is 47.4 Å². The van der Waals surface area contributed by atoms with Crippen LogP contribution in [0.2, 0.25) is 0 Å². The molecule has 0 atom stereocenters. The van der Waals surface area contributed by atoms with Gasteiger partial charge in [-0.15, -0.1) is 0 Å². The van der Waals surface area contributed by atoms with Gasteiger partial charge >= 0.3 is 0 Å². The number of likely N-dealkylation sites (tertiary alicyclic amines) is 1. The number of methoxy groups -OCH3 is 1. The average Bonchev–Trinajstić information content (AvgIpc) is 2.80. The predicted molar refractivity (Wildman–Crippen MR) is 73.1 cm³/mol. The van der Waals surface area contributed by atoms with E-state index in [9.17, 15) is 4.79 Å². The van der Waals surface area contributed by atoms with Gasteiger partial charge in [0.25, 0.3) is 5.91 Å². The molecule has 1 aliphatic rings. The van der Waals surface area contributed by atoms with Crippen molar-refractivity contribution in [1.82, 2.24) is 14.7 Å². The quantitative estimate of drug-likeness (QED) is 0.834. The summed E-state index contributed by atoms with van der Waals surface area (Å²) in [6, 6.07) is 0. The normalized spacial score (nSPS) is 18.6. The van der Waals surface area contributed by atoms with E-state index < -0.39 is 0 Å². The second kappa shape index (κ2) is 5.33. The van der Waals surface area contributed by atoms with Crippen molar-refractivity contribution in [3.63, 3.8) is 0 Å². The summed E-state index contributed by atoms with van der Waals surface area (Å²) < 4.78 is 7.22. The van der Waals surface area contributed by atoms with Crippen LogP contribution in [0, 0.1) is 0 Å². The fraction of sp³-hybridized carbons (Fsp3) is 0.714. The first-order valence-electron chi connectivity index (χ1n) is 6.86. The first kappa shape index (κ1) is 14.1. The molecule has 0 saturated carbocycles. The first-order chi connectivity index (χ1) is 8.99. The maximum Gasteiger partial charge on any atom is 0.257 e. The van der Waals surface area contributed by atoms with Crippen LogP contribution < -0.4 is 0 Å². The molecule has 0 bridgehead atoms. The highest BCUT2D eigenvalue weighted by Gasteiger charge is 2.32. The summed E-state index contributed by atoms with van der Waals surface area (Å²) in [6.45, 7) is 5.64. The van der Waals surface area contributed by atoms with Gasteiger partial charge in [-0.1, -0.05) is 6.92 Å². The monoisotopic (exact) mass is 265 g/mol. The summed E-state index contributed by atoms with van der Waals surface area (Å²) in [5.74, 6) is 0.100. The number of carbonyl (C=O) groups excluding carboxylic acids is 1. The molecule has 0 N–H and O–H groups in total. The van der Waals surface area contributed by atoms with E-state index in [2.05, 4.69) is 12.0 Å². The van der Waals surface area contributed by atoms with Gasteiger partial charge in [-0.2, -0.15) is 5.10 Å². The lowest BCUT2D eigenvalue weighted by molar-refractivity contribution is -0.0379. The van der Waals surface area contributed by atoms with E-state index in [0.717, 1.165) is 43.6 Å². The predicted octanol–water partition coefficient (Wildman–Crippen LogP) is 1.62. The average molecular weight is 265 g/mol. The van der Waals surface area contributed by atoms with Crippen LogP contribution in [0.5, 0.6) is 0 Å². The first-order valence-corrected chi connectivity index (χ1v) is 6.86. The van der Waals surface area contributed by atoms with Crippen LogP contribution >= 0.6 is 0 Å². The van der Waals surface area contributed by atoms with Crippen molar-refractivity contribution in [2.75, 3.05) is 20.2 Å². The number of aromatic nitrogens is 2. The lowest BCUT2D eigenvalue weighted by Gasteiger charge is -2.38. The molecule has 1 aliphatic heterocycles. The molecule has 106 valence electrons. The van der Waals surface area contributed by atoms with E-state index in [1.54, 1.807) is 11.8 Å². The van der Waals surface area contributed by atoms with E-state index in [-0.39, 0.29) is 11.5 Å². The Morgan fingerprint density at radius 2 is 2.11 bits per heavy atom. The zero-order valence-electron chi connectivity index (χ0n) is 12.3. The summed E-state index contributed by atoms with van der Waals surface area (Å²) in [5.41, 5.74) is 1.54. The van der Waals surface area contributed by atoms with E-state index >= 15 is 0 Å². The van der Waals surface area contributed by atoms with Gasteiger partial charge in [0.2, 0.25) is 0 Å². The Hall–Kier alpha value is -1.36. The molecule has 1 aromatic rings. The van der Waals surface area contributed by atoms with Crippen LogP contribution in [0.1, 0.15) is 42.7 Å². The molecule has 0 aliphatic carbocycles. The van der Waals surface area contributed by atoms with Gasteiger partial charge in [0.1, 0.15) is 0 Å². The molecular formula is C14H23N3O2. The highest BCUT2D eigenvalue weighted by molar-refractivity contribution is 5.95. The minimum atomic E-state index is -0.0840. The minimum absolute atomic E-state index is 0.0840. The Balaban J connectivity index is 2.09.